The highest BCUT2D eigenvalue weighted by molar-refractivity contribution is 5.95. The molecule has 1 aliphatic rings. The Morgan fingerprint density at radius 1 is 1.08 bits per heavy atom. The summed E-state index contributed by atoms with van der Waals surface area (Å²) in [5.41, 5.74) is 1.33. The number of benzene rings is 2. The van der Waals surface area contributed by atoms with Crippen molar-refractivity contribution in [2.75, 3.05) is 37.0 Å². The summed E-state index contributed by atoms with van der Waals surface area (Å²) in [7, 11) is 1.59. The van der Waals surface area contributed by atoms with Gasteiger partial charge in [-0.2, -0.15) is 0 Å². The van der Waals surface area contributed by atoms with E-state index in [1.54, 1.807) is 37.4 Å². The fourth-order valence-electron chi connectivity index (χ4n) is 3.03. The highest BCUT2D eigenvalue weighted by atomic mass is 19.1. The van der Waals surface area contributed by atoms with E-state index in [1.807, 2.05) is 0 Å². The first-order chi connectivity index (χ1) is 12.7. The first kappa shape index (κ1) is 18.0. The molecule has 2 aromatic carbocycles. The van der Waals surface area contributed by atoms with Crippen LogP contribution in [0.4, 0.5) is 15.8 Å². The minimum Gasteiger partial charge on any atom is -0.497 e. The number of carbonyl (C=O) groups excluding carboxylic acids is 1. The van der Waals surface area contributed by atoms with Gasteiger partial charge in [0.2, 0.25) is 0 Å². The number of rotatable bonds is 6. The van der Waals surface area contributed by atoms with Crippen molar-refractivity contribution in [1.29, 1.82) is 0 Å². The van der Waals surface area contributed by atoms with E-state index in [0.29, 0.717) is 17.2 Å². The van der Waals surface area contributed by atoms with Crippen LogP contribution in [0.15, 0.2) is 42.5 Å². The highest BCUT2D eigenvalue weighted by Gasteiger charge is 2.16. The Labute approximate surface area is 152 Å². The molecule has 138 valence electrons. The molecule has 1 heterocycles. The summed E-state index contributed by atoms with van der Waals surface area (Å²) < 4.78 is 24.2. The lowest BCUT2D eigenvalue weighted by Crippen LogP contribution is -2.31. The van der Waals surface area contributed by atoms with E-state index in [0.717, 1.165) is 31.6 Å². The number of anilines is 2. The maximum absolute atomic E-state index is 13.7. The zero-order valence-corrected chi connectivity index (χ0v) is 14.8. The number of piperidine rings is 1. The Bertz CT molecular complexity index is 743. The molecule has 1 aliphatic heterocycles. The number of nitrogens with one attached hydrogen (secondary N) is 1. The molecule has 0 unspecified atom stereocenters. The quantitative estimate of drug-likeness (QED) is 0.852. The minimum absolute atomic E-state index is 0.151. The van der Waals surface area contributed by atoms with Crippen LogP contribution in [0.25, 0.3) is 0 Å². The molecule has 0 spiro atoms. The third kappa shape index (κ3) is 4.65. The second kappa shape index (κ2) is 8.56. The SMILES string of the molecule is COc1ccc(OCC(=O)Nc2cc(F)ccc2N2CCCCC2)cc1. The van der Waals surface area contributed by atoms with Crippen LogP contribution < -0.4 is 19.7 Å². The van der Waals surface area contributed by atoms with Gasteiger partial charge in [-0.3, -0.25) is 4.79 Å². The molecule has 0 radical (unpaired) electrons. The predicted octanol–water partition coefficient (Wildman–Crippen LogP) is 3.84. The van der Waals surface area contributed by atoms with Crippen LogP contribution in [-0.2, 0) is 4.79 Å². The average molecular weight is 358 g/mol. The Morgan fingerprint density at radius 2 is 1.77 bits per heavy atom. The second-order valence-electron chi connectivity index (χ2n) is 6.22. The molecule has 1 amide bonds. The van der Waals surface area contributed by atoms with Crippen LogP contribution in [0.3, 0.4) is 0 Å². The van der Waals surface area contributed by atoms with Crippen molar-refractivity contribution < 1.29 is 18.7 Å². The second-order valence-corrected chi connectivity index (χ2v) is 6.22. The zero-order chi connectivity index (χ0) is 18.4. The fourth-order valence-corrected chi connectivity index (χ4v) is 3.03. The lowest BCUT2D eigenvalue weighted by Gasteiger charge is -2.30. The van der Waals surface area contributed by atoms with Gasteiger partial charge >= 0.3 is 0 Å². The van der Waals surface area contributed by atoms with Crippen LogP contribution in [0, 0.1) is 5.82 Å². The van der Waals surface area contributed by atoms with Gasteiger partial charge in [0.25, 0.3) is 5.91 Å². The summed E-state index contributed by atoms with van der Waals surface area (Å²) >= 11 is 0. The van der Waals surface area contributed by atoms with Gasteiger partial charge in [0, 0.05) is 13.1 Å². The van der Waals surface area contributed by atoms with Crippen LogP contribution >= 0.6 is 0 Å². The van der Waals surface area contributed by atoms with Crippen molar-refractivity contribution in [1.82, 2.24) is 0 Å². The number of hydrogen-bond acceptors (Lipinski definition) is 4. The molecule has 6 heteroatoms. The first-order valence-electron chi connectivity index (χ1n) is 8.77. The van der Waals surface area contributed by atoms with E-state index in [4.69, 9.17) is 9.47 Å². The topological polar surface area (TPSA) is 50.8 Å². The van der Waals surface area contributed by atoms with Gasteiger partial charge in [0.1, 0.15) is 17.3 Å². The molecule has 1 saturated heterocycles. The Kier molecular flexibility index (Phi) is 5.94. The fraction of sp³-hybridized carbons (Fsp3) is 0.350. The van der Waals surface area contributed by atoms with Gasteiger partial charge in [-0.15, -0.1) is 0 Å². The molecule has 0 atom stereocenters. The number of methoxy groups -OCH3 is 1. The normalized spacial score (nSPS) is 14.0. The van der Waals surface area contributed by atoms with Crippen LogP contribution in [-0.4, -0.2) is 32.7 Å². The van der Waals surface area contributed by atoms with E-state index < -0.39 is 0 Å². The van der Waals surface area contributed by atoms with Gasteiger partial charge in [-0.25, -0.2) is 4.39 Å². The maximum Gasteiger partial charge on any atom is 0.262 e. The molecule has 3 rings (SSSR count). The number of carbonyl (C=O) groups is 1. The molecule has 2 aromatic rings. The van der Waals surface area contributed by atoms with Gasteiger partial charge in [-0.05, 0) is 61.7 Å². The lowest BCUT2D eigenvalue weighted by molar-refractivity contribution is -0.118. The van der Waals surface area contributed by atoms with E-state index in [2.05, 4.69) is 10.2 Å². The third-order valence-corrected chi connectivity index (χ3v) is 4.36. The third-order valence-electron chi connectivity index (χ3n) is 4.36. The molecule has 5 nitrogen and oxygen atoms in total. The Hall–Kier alpha value is -2.76. The lowest BCUT2D eigenvalue weighted by atomic mass is 10.1. The first-order valence-corrected chi connectivity index (χ1v) is 8.77. The van der Waals surface area contributed by atoms with E-state index >= 15 is 0 Å². The Balaban J connectivity index is 1.63. The standard InChI is InChI=1S/C20H23FN2O3/c1-25-16-6-8-17(9-7-16)26-14-20(24)22-18-13-15(21)5-10-19(18)23-11-3-2-4-12-23/h5-10,13H,2-4,11-12,14H2,1H3,(H,22,24). The molecule has 1 fully saturated rings. The minimum atomic E-state index is -0.378. The summed E-state index contributed by atoms with van der Waals surface area (Å²) in [4.78, 5) is 14.4. The van der Waals surface area contributed by atoms with Gasteiger partial charge in [0.05, 0.1) is 18.5 Å². The van der Waals surface area contributed by atoms with Crippen molar-refractivity contribution in [3.63, 3.8) is 0 Å². The number of halogens is 1. The molecule has 0 aliphatic carbocycles. The summed E-state index contributed by atoms with van der Waals surface area (Å²) in [6.45, 7) is 1.68. The monoisotopic (exact) mass is 358 g/mol. The van der Waals surface area contributed by atoms with E-state index in [-0.39, 0.29) is 18.3 Å². The van der Waals surface area contributed by atoms with Gasteiger partial charge in [0.15, 0.2) is 6.61 Å². The smallest absolute Gasteiger partial charge is 0.262 e. The largest absolute Gasteiger partial charge is 0.497 e. The Morgan fingerprint density at radius 3 is 2.46 bits per heavy atom. The maximum atomic E-state index is 13.7. The summed E-state index contributed by atoms with van der Waals surface area (Å²) in [5, 5.41) is 2.77. The van der Waals surface area contributed by atoms with Crippen molar-refractivity contribution in [3.05, 3.63) is 48.3 Å². The van der Waals surface area contributed by atoms with Crippen molar-refractivity contribution >= 4 is 17.3 Å². The molecule has 0 saturated carbocycles. The molecule has 0 bridgehead atoms. The molecule has 26 heavy (non-hydrogen) atoms. The van der Waals surface area contributed by atoms with E-state index in [9.17, 15) is 9.18 Å². The van der Waals surface area contributed by atoms with Crippen LogP contribution in [0.1, 0.15) is 19.3 Å². The van der Waals surface area contributed by atoms with Crippen molar-refractivity contribution in [3.8, 4) is 11.5 Å². The molecule has 1 N–H and O–H groups in total. The molecule has 0 aromatic heterocycles. The average Bonchev–Trinajstić information content (AvgIpc) is 2.67. The highest BCUT2D eigenvalue weighted by Crippen LogP contribution is 2.29. The van der Waals surface area contributed by atoms with Gasteiger partial charge in [-0.1, -0.05) is 0 Å². The summed E-state index contributed by atoms with van der Waals surface area (Å²) in [5.74, 6) is 0.575. The zero-order valence-electron chi connectivity index (χ0n) is 14.8. The number of nitrogens with zero attached hydrogens (tertiary/aromatic N) is 1. The number of amides is 1. The van der Waals surface area contributed by atoms with Crippen LogP contribution in [0.2, 0.25) is 0 Å². The summed E-state index contributed by atoms with van der Waals surface area (Å²) in [6, 6.07) is 11.5. The predicted molar refractivity (Wildman–Crippen MR) is 99.6 cm³/mol. The van der Waals surface area contributed by atoms with Crippen LogP contribution in [0.5, 0.6) is 11.5 Å². The molecular weight excluding hydrogens is 335 g/mol. The van der Waals surface area contributed by atoms with E-state index in [1.165, 1.54) is 18.6 Å². The number of hydrogen-bond donors (Lipinski definition) is 1. The van der Waals surface area contributed by atoms with Crippen molar-refractivity contribution in [2.24, 2.45) is 0 Å². The van der Waals surface area contributed by atoms with Gasteiger partial charge < -0.3 is 19.7 Å². The number of ether oxygens (including phenoxy) is 2. The molecular formula is C20H23FN2O3. The van der Waals surface area contributed by atoms with Crippen molar-refractivity contribution in [2.45, 2.75) is 19.3 Å². The summed E-state index contributed by atoms with van der Waals surface area (Å²) in [6.07, 6.45) is 3.41.